The number of nitrogens with zero attached hydrogens (tertiary/aromatic N) is 1. The lowest BCUT2D eigenvalue weighted by atomic mass is 9.95. The summed E-state index contributed by atoms with van der Waals surface area (Å²) in [6, 6.07) is 0.824. The molecule has 71 valence electrons. The minimum absolute atomic E-state index is 0.824. The quantitative estimate of drug-likeness (QED) is 0.656. The van der Waals surface area contributed by atoms with Crippen molar-refractivity contribution in [2.75, 3.05) is 6.54 Å². The third kappa shape index (κ3) is 3.44. The van der Waals surface area contributed by atoms with Crippen LogP contribution >= 0.6 is 16.1 Å². The van der Waals surface area contributed by atoms with E-state index >= 15 is 0 Å². The molecule has 1 saturated carbocycles. The van der Waals surface area contributed by atoms with Crippen LogP contribution in [0.4, 0.5) is 0 Å². The van der Waals surface area contributed by atoms with E-state index in [0.29, 0.717) is 0 Å². The van der Waals surface area contributed by atoms with Gasteiger partial charge in [-0.1, -0.05) is 23.7 Å². The van der Waals surface area contributed by atoms with Crippen LogP contribution in [0.25, 0.3) is 0 Å². The van der Waals surface area contributed by atoms with E-state index in [2.05, 4.69) is 27.0 Å². The summed E-state index contributed by atoms with van der Waals surface area (Å²) in [5.41, 5.74) is 0. The van der Waals surface area contributed by atoms with Gasteiger partial charge in [-0.25, -0.2) is 0 Å². The highest BCUT2D eigenvalue weighted by atomic mass is 79.9. The van der Waals surface area contributed by atoms with Gasteiger partial charge in [0.05, 0.1) is 0 Å². The topological polar surface area (TPSA) is 5.90 Å². The second-order valence-corrected chi connectivity index (χ2v) is 4.68. The highest BCUT2D eigenvalue weighted by molar-refractivity contribution is 9.08. The number of halogens is 1. The molecule has 12 heavy (non-hydrogen) atoms. The Kier molecular flexibility index (Phi) is 5.24. The zero-order valence-corrected chi connectivity index (χ0v) is 9.65. The van der Waals surface area contributed by atoms with Crippen molar-refractivity contribution in [2.45, 2.75) is 57.9 Å². The molecule has 0 spiro atoms. The van der Waals surface area contributed by atoms with E-state index in [9.17, 15) is 0 Å². The van der Waals surface area contributed by atoms with Crippen LogP contribution in [0.3, 0.4) is 0 Å². The molecule has 0 heterocycles. The van der Waals surface area contributed by atoms with Crippen molar-refractivity contribution in [3.63, 3.8) is 0 Å². The molecule has 0 aromatic rings. The van der Waals surface area contributed by atoms with Gasteiger partial charge in [-0.3, -0.25) is 0 Å². The fraction of sp³-hybridized carbons (Fsp3) is 1.00. The SMILES string of the molecule is CCCC[N+](Br)C1CCCCC1. The molecule has 1 radical (unpaired) electrons. The van der Waals surface area contributed by atoms with Crippen LogP contribution in [0.1, 0.15) is 51.9 Å². The fourth-order valence-electron chi connectivity index (χ4n) is 1.85. The molecule has 1 aliphatic rings. The summed E-state index contributed by atoms with van der Waals surface area (Å²) in [4.78, 5) is 0. The molecule has 0 atom stereocenters. The first kappa shape index (κ1) is 10.5. The Bertz CT molecular complexity index is 110. The largest absolute Gasteiger partial charge is 0.287 e. The summed E-state index contributed by atoms with van der Waals surface area (Å²) in [6.45, 7) is 3.48. The molecular weight excluding hydrogens is 214 g/mol. The van der Waals surface area contributed by atoms with Crippen LogP contribution in [0.15, 0.2) is 0 Å². The lowest BCUT2D eigenvalue weighted by Crippen LogP contribution is -2.34. The van der Waals surface area contributed by atoms with Crippen LogP contribution < -0.4 is 3.93 Å². The van der Waals surface area contributed by atoms with Crippen LogP contribution in [-0.4, -0.2) is 12.6 Å². The van der Waals surface area contributed by atoms with E-state index < -0.39 is 0 Å². The molecule has 1 aliphatic carbocycles. The molecule has 2 heteroatoms. The lowest BCUT2D eigenvalue weighted by Gasteiger charge is -2.20. The van der Waals surface area contributed by atoms with Gasteiger partial charge in [-0.2, -0.15) is 0 Å². The number of hydrogen-bond acceptors (Lipinski definition) is 1. The first-order valence-electron chi connectivity index (χ1n) is 5.27. The molecule has 0 aromatic carbocycles. The first-order chi connectivity index (χ1) is 5.84. The Balaban J connectivity index is 2.15. The van der Waals surface area contributed by atoms with Gasteiger partial charge in [0.2, 0.25) is 0 Å². The van der Waals surface area contributed by atoms with Gasteiger partial charge in [-0.05, 0) is 12.8 Å². The monoisotopic (exact) mass is 233 g/mol. The average Bonchev–Trinajstić information content (AvgIpc) is 2.15. The number of unbranched alkanes of at least 4 members (excludes halogenated alkanes) is 1. The predicted molar refractivity (Wildman–Crippen MR) is 57.7 cm³/mol. The molecule has 1 rings (SSSR count). The van der Waals surface area contributed by atoms with Crippen LogP contribution in [-0.2, 0) is 0 Å². The van der Waals surface area contributed by atoms with Gasteiger partial charge in [-0.15, -0.1) is 0 Å². The predicted octanol–water partition coefficient (Wildman–Crippen LogP) is 3.57. The third-order valence-electron chi connectivity index (χ3n) is 2.70. The highest BCUT2D eigenvalue weighted by Crippen LogP contribution is 2.22. The molecule has 0 N–H and O–H groups in total. The van der Waals surface area contributed by atoms with Crippen LogP contribution in [0.2, 0.25) is 0 Å². The second-order valence-electron chi connectivity index (χ2n) is 3.77. The Hall–Kier alpha value is 0.440. The summed E-state index contributed by atoms with van der Waals surface area (Å²) < 4.78 is 2.38. The fourth-order valence-corrected chi connectivity index (χ4v) is 2.51. The zero-order chi connectivity index (χ0) is 8.81. The molecule has 0 saturated heterocycles. The Morgan fingerprint density at radius 1 is 1.25 bits per heavy atom. The van der Waals surface area contributed by atoms with E-state index in [1.807, 2.05) is 0 Å². The highest BCUT2D eigenvalue weighted by Gasteiger charge is 2.27. The Morgan fingerprint density at radius 2 is 1.92 bits per heavy atom. The van der Waals surface area contributed by atoms with Crippen molar-refractivity contribution >= 4 is 16.1 Å². The van der Waals surface area contributed by atoms with E-state index in [4.69, 9.17) is 0 Å². The van der Waals surface area contributed by atoms with Gasteiger partial charge in [0.15, 0.2) is 0 Å². The van der Waals surface area contributed by atoms with E-state index in [-0.39, 0.29) is 0 Å². The van der Waals surface area contributed by atoms with Crippen molar-refractivity contribution in [3.8, 4) is 0 Å². The molecule has 0 unspecified atom stereocenters. The standard InChI is InChI=1S/C10H20BrN/c1-2-3-9-12(11)10-7-5-4-6-8-10/h10H,2-9H2,1H3/q+1. The maximum absolute atomic E-state index is 3.67. The summed E-state index contributed by atoms with van der Waals surface area (Å²) in [6.07, 6.45) is 9.73. The van der Waals surface area contributed by atoms with E-state index in [1.165, 1.54) is 51.5 Å². The van der Waals surface area contributed by atoms with Crippen molar-refractivity contribution in [3.05, 3.63) is 0 Å². The van der Waals surface area contributed by atoms with E-state index in [1.54, 1.807) is 0 Å². The van der Waals surface area contributed by atoms with Gasteiger partial charge in [0.1, 0.15) is 12.6 Å². The molecule has 0 amide bonds. The van der Waals surface area contributed by atoms with Gasteiger partial charge in [0, 0.05) is 19.3 Å². The Morgan fingerprint density at radius 3 is 2.50 bits per heavy atom. The van der Waals surface area contributed by atoms with Gasteiger partial charge < -0.3 is 0 Å². The van der Waals surface area contributed by atoms with Crippen molar-refractivity contribution in [1.29, 1.82) is 0 Å². The maximum atomic E-state index is 3.67. The van der Waals surface area contributed by atoms with Crippen molar-refractivity contribution in [1.82, 2.24) is 3.93 Å². The molecule has 1 fully saturated rings. The number of rotatable bonds is 4. The zero-order valence-electron chi connectivity index (χ0n) is 8.06. The first-order valence-corrected chi connectivity index (χ1v) is 5.98. The van der Waals surface area contributed by atoms with E-state index in [0.717, 1.165) is 6.04 Å². The molecule has 1 nitrogen and oxygen atoms in total. The minimum Gasteiger partial charge on any atom is -0.0939 e. The molecular formula is C10H20BrN+. The van der Waals surface area contributed by atoms with Crippen LogP contribution in [0, 0.1) is 0 Å². The average molecular weight is 234 g/mol. The Labute approximate surface area is 84.9 Å². The minimum atomic E-state index is 0.824. The van der Waals surface area contributed by atoms with Gasteiger partial charge in [0.25, 0.3) is 16.1 Å². The molecule has 0 bridgehead atoms. The lowest BCUT2D eigenvalue weighted by molar-refractivity contribution is 0.346. The molecule has 0 aromatic heterocycles. The summed E-state index contributed by atoms with van der Waals surface area (Å²) >= 11 is 3.67. The van der Waals surface area contributed by atoms with Crippen molar-refractivity contribution < 1.29 is 0 Å². The number of hydrogen-bond donors (Lipinski definition) is 0. The summed E-state index contributed by atoms with van der Waals surface area (Å²) in [5.74, 6) is 0. The van der Waals surface area contributed by atoms with Crippen LogP contribution in [0.5, 0.6) is 0 Å². The summed E-state index contributed by atoms with van der Waals surface area (Å²) in [7, 11) is 0. The molecule has 0 aliphatic heterocycles. The third-order valence-corrected chi connectivity index (χ3v) is 3.63. The van der Waals surface area contributed by atoms with Gasteiger partial charge >= 0.3 is 0 Å². The normalized spacial score (nSPS) is 20.2. The smallest absolute Gasteiger partial charge is 0.0939 e. The second kappa shape index (κ2) is 5.98. The summed E-state index contributed by atoms with van der Waals surface area (Å²) in [5, 5.41) is 0. The van der Waals surface area contributed by atoms with Crippen molar-refractivity contribution in [2.24, 2.45) is 0 Å². The maximum Gasteiger partial charge on any atom is 0.287 e.